The van der Waals surface area contributed by atoms with Crippen molar-refractivity contribution in [3.05, 3.63) is 60.0 Å². The summed E-state index contributed by atoms with van der Waals surface area (Å²) in [6, 6.07) is 11.4. The van der Waals surface area contributed by atoms with Crippen LogP contribution in [0.15, 0.2) is 48.8 Å². The van der Waals surface area contributed by atoms with Gasteiger partial charge in [-0.1, -0.05) is 12.1 Å². The molecular weight excluding hydrogens is 278 g/mol. The van der Waals surface area contributed by atoms with Crippen LogP contribution in [0.3, 0.4) is 0 Å². The molecular formula is C17H17N3O2. The van der Waals surface area contributed by atoms with Crippen LogP contribution in [0.5, 0.6) is 5.75 Å². The minimum atomic E-state index is -0.110. The maximum Gasteiger partial charge on any atom is 0.268 e. The fourth-order valence-corrected chi connectivity index (χ4v) is 2.45. The summed E-state index contributed by atoms with van der Waals surface area (Å²) in [7, 11) is 3.49. The van der Waals surface area contributed by atoms with Gasteiger partial charge < -0.3 is 14.6 Å². The van der Waals surface area contributed by atoms with Gasteiger partial charge in [0.15, 0.2) is 0 Å². The number of aryl methyl sites for hydroxylation is 1. The number of carbonyl (C=O) groups excluding carboxylic acids is 1. The van der Waals surface area contributed by atoms with Gasteiger partial charge in [0.05, 0.1) is 18.8 Å². The first-order valence-electron chi connectivity index (χ1n) is 6.99. The zero-order valence-corrected chi connectivity index (χ0v) is 12.5. The van der Waals surface area contributed by atoms with Gasteiger partial charge in [0.25, 0.3) is 5.91 Å². The zero-order valence-electron chi connectivity index (χ0n) is 12.5. The van der Waals surface area contributed by atoms with E-state index in [9.17, 15) is 4.79 Å². The molecule has 3 aromatic rings. The lowest BCUT2D eigenvalue weighted by atomic mass is 10.2. The first-order chi connectivity index (χ1) is 10.7. The van der Waals surface area contributed by atoms with Crippen LogP contribution in [-0.4, -0.2) is 22.6 Å². The Bertz CT molecular complexity index is 824. The molecule has 0 radical (unpaired) electrons. The molecule has 2 aromatic heterocycles. The SMILES string of the molecule is COc1cccc(CNC(=O)c2cc3ccncc3n2C)c1. The lowest BCUT2D eigenvalue weighted by Crippen LogP contribution is -2.24. The summed E-state index contributed by atoms with van der Waals surface area (Å²) < 4.78 is 7.03. The summed E-state index contributed by atoms with van der Waals surface area (Å²) in [5.41, 5.74) is 2.55. The van der Waals surface area contributed by atoms with E-state index >= 15 is 0 Å². The highest BCUT2D eigenvalue weighted by atomic mass is 16.5. The highest BCUT2D eigenvalue weighted by Gasteiger charge is 2.13. The zero-order chi connectivity index (χ0) is 15.5. The molecule has 5 nitrogen and oxygen atoms in total. The molecule has 2 heterocycles. The number of fused-ring (bicyclic) bond motifs is 1. The van der Waals surface area contributed by atoms with Crippen LogP contribution in [0, 0.1) is 0 Å². The van der Waals surface area contributed by atoms with E-state index in [0.717, 1.165) is 22.2 Å². The van der Waals surface area contributed by atoms with E-state index < -0.39 is 0 Å². The highest BCUT2D eigenvalue weighted by Crippen LogP contribution is 2.17. The summed E-state index contributed by atoms with van der Waals surface area (Å²) >= 11 is 0. The molecule has 0 unspecified atom stereocenters. The fourth-order valence-electron chi connectivity index (χ4n) is 2.45. The van der Waals surface area contributed by atoms with E-state index in [1.54, 1.807) is 19.5 Å². The van der Waals surface area contributed by atoms with Gasteiger partial charge in [-0.15, -0.1) is 0 Å². The van der Waals surface area contributed by atoms with E-state index in [4.69, 9.17) is 4.74 Å². The van der Waals surface area contributed by atoms with Gasteiger partial charge in [-0.3, -0.25) is 9.78 Å². The minimum Gasteiger partial charge on any atom is -0.497 e. The molecule has 112 valence electrons. The number of ether oxygens (including phenoxy) is 1. The second-order valence-corrected chi connectivity index (χ2v) is 5.06. The summed E-state index contributed by atoms with van der Waals surface area (Å²) in [4.78, 5) is 16.5. The number of rotatable bonds is 4. The quantitative estimate of drug-likeness (QED) is 0.804. The third-order valence-corrected chi connectivity index (χ3v) is 3.67. The Kier molecular flexibility index (Phi) is 3.78. The Labute approximate surface area is 128 Å². The van der Waals surface area contributed by atoms with Gasteiger partial charge in [-0.05, 0) is 29.8 Å². The molecule has 0 saturated carbocycles. The topological polar surface area (TPSA) is 56.1 Å². The average Bonchev–Trinajstić information content (AvgIpc) is 2.90. The Morgan fingerprint density at radius 3 is 2.95 bits per heavy atom. The normalized spacial score (nSPS) is 10.6. The molecule has 3 rings (SSSR count). The van der Waals surface area contributed by atoms with Crippen molar-refractivity contribution in [3.8, 4) is 5.75 Å². The lowest BCUT2D eigenvalue weighted by Gasteiger charge is -2.08. The van der Waals surface area contributed by atoms with Crippen LogP contribution in [0.4, 0.5) is 0 Å². The van der Waals surface area contributed by atoms with Crippen LogP contribution < -0.4 is 10.1 Å². The molecule has 5 heteroatoms. The van der Waals surface area contributed by atoms with Gasteiger partial charge in [-0.25, -0.2) is 0 Å². The molecule has 0 saturated heterocycles. The third-order valence-electron chi connectivity index (χ3n) is 3.67. The second kappa shape index (κ2) is 5.89. The van der Waals surface area contributed by atoms with E-state index in [-0.39, 0.29) is 5.91 Å². The van der Waals surface area contributed by atoms with Gasteiger partial charge in [0.1, 0.15) is 11.4 Å². The molecule has 0 aliphatic rings. The number of hydrogen-bond donors (Lipinski definition) is 1. The van der Waals surface area contributed by atoms with Gasteiger partial charge >= 0.3 is 0 Å². The van der Waals surface area contributed by atoms with Gasteiger partial charge in [0.2, 0.25) is 0 Å². The summed E-state index contributed by atoms with van der Waals surface area (Å²) in [6.07, 6.45) is 3.48. The molecule has 1 aromatic carbocycles. The van der Waals surface area contributed by atoms with Crippen LogP contribution in [-0.2, 0) is 13.6 Å². The van der Waals surface area contributed by atoms with E-state index in [1.165, 1.54) is 0 Å². The van der Waals surface area contributed by atoms with Crippen molar-refractivity contribution in [3.63, 3.8) is 0 Å². The van der Waals surface area contributed by atoms with Crippen molar-refractivity contribution >= 4 is 16.8 Å². The molecule has 0 aliphatic heterocycles. The van der Waals surface area contributed by atoms with Crippen molar-refractivity contribution in [1.29, 1.82) is 0 Å². The van der Waals surface area contributed by atoms with Crippen LogP contribution in [0.25, 0.3) is 10.9 Å². The number of nitrogens with one attached hydrogen (secondary N) is 1. The minimum absolute atomic E-state index is 0.110. The summed E-state index contributed by atoms with van der Waals surface area (Å²) in [5.74, 6) is 0.670. The number of carbonyl (C=O) groups is 1. The average molecular weight is 295 g/mol. The van der Waals surface area contributed by atoms with E-state index in [0.29, 0.717) is 12.2 Å². The van der Waals surface area contributed by atoms with Gasteiger partial charge in [-0.2, -0.15) is 0 Å². The number of benzene rings is 1. The largest absolute Gasteiger partial charge is 0.497 e. The number of pyridine rings is 1. The van der Waals surface area contributed by atoms with Crippen molar-refractivity contribution in [1.82, 2.24) is 14.9 Å². The number of aromatic nitrogens is 2. The predicted molar refractivity (Wildman–Crippen MR) is 84.9 cm³/mol. The summed E-state index contributed by atoms with van der Waals surface area (Å²) in [5, 5.41) is 3.94. The Morgan fingerprint density at radius 1 is 1.32 bits per heavy atom. The second-order valence-electron chi connectivity index (χ2n) is 5.06. The molecule has 0 bridgehead atoms. The first kappa shape index (κ1) is 14.1. The standard InChI is InChI=1S/C17H17N3O2/c1-20-15(9-13-6-7-18-11-16(13)20)17(21)19-10-12-4-3-5-14(8-12)22-2/h3-9,11H,10H2,1-2H3,(H,19,21). The Morgan fingerprint density at radius 2 is 2.18 bits per heavy atom. The molecule has 0 atom stereocenters. The summed E-state index contributed by atoms with van der Waals surface area (Å²) in [6.45, 7) is 0.454. The van der Waals surface area contributed by atoms with E-state index in [1.807, 2.05) is 48.0 Å². The number of nitrogens with zero attached hydrogens (tertiary/aromatic N) is 2. The monoisotopic (exact) mass is 295 g/mol. The third kappa shape index (κ3) is 2.65. The number of amides is 1. The molecule has 1 N–H and O–H groups in total. The molecule has 22 heavy (non-hydrogen) atoms. The van der Waals surface area contributed by atoms with Crippen molar-refractivity contribution in [2.24, 2.45) is 7.05 Å². The van der Waals surface area contributed by atoms with Crippen LogP contribution in [0.2, 0.25) is 0 Å². The maximum atomic E-state index is 12.4. The molecule has 0 aliphatic carbocycles. The molecule has 1 amide bonds. The smallest absolute Gasteiger partial charge is 0.268 e. The van der Waals surface area contributed by atoms with E-state index in [2.05, 4.69) is 10.3 Å². The maximum absolute atomic E-state index is 12.4. The van der Waals surface area contributed by atoms with Crippen molar-refractivity contribution in [2.75, 3.05) is 7.11 Å². The molecule has 0 fully saturated rings. The van der Waals surface area contributed by atoms with Crippen molar-refractivity contribution in [2.45, 2.75) is 6.54 Å². The first-order valence-corrected chi connectivity index (χ1v) is 6.99. The lowest BCUT2D eigenvalue weighted by molar-refractivity contribution is 0.0943. The highest BCUT2D eigenvalue weighted by molar-refractivity contribution is 5.98. The van der Waals surface area contributed by atoms with Crippen molar-refractivity contribution < 1.29 is 9.53 Å². The number of hydrogen-bond acceptors (Lipinski definition) is 3. The van der Waals surface area contributed by atoms with Crippen LogP contribution >= 0.6 is 0 Å². The number of methoxy groups -OCH3 is 1. The van der Waals surface area contributed by atoms with Crippen LogP contribution in [0.1, 0.15) is 16.1 Å². The predicted octanol–water partition coefficient (Wildman–Crippen LogP) is 2.51. The Hall–Kier alpha value is -2.82. The van der Waals surface area contributed by atoms with Gasteiger partial charge in [0, 0.05) is 25.2 Å². The fraction of sp³-hybridized carbons (Fsp3) is 0.176. The Balaban J connectivity index is 1.77. The molecule has 0 spiro atoms.